The van der Waals surface area contributed by atoms with Crippen LogP contribution in [-0.4, -0.2) is 10.0 Å². The fourth-order valence-electron chi connectivity index (χ4n) is 0.614. The largest absolute Gasteiger partial charge is 0.380 e. The fraction of sp³-hybridized carbons (Fsp3) is 0.400. The van der Waals surface area contributed by atoms with Crippen molar-refractivity contribution in [3.8, 4) is 0 Å². The summed E-state index contributed by atoms with van der Waals surface area (Å²) in [6, 6.07) is 9.99. The number of benzene rings is 1. The van der Waals surface area contributed by atoms with Gasteiger partial charge in [-0.15, -0.1) is 12.6 Å². The summed E-state index contributed by atoms with van der Waals surface area (Å²) in [6.45, 7) is 3.85. The number of thiol groups is 1. The minimum absolute atomic E-state index is 0.640. The smallest absolute Gasteiger partial charge is 0.102 e. The molecule has 0 aliphatic carbocycles. The van der Waals surface area contributed by atoms with Crippen LogP contribution in [0.1, 0.15) is 19.4 Å². The van der Waals surface area contributed by atoms with Crippen LogP contribution >= 0.6 is 12.6 Å². The molecular weight excluding hydrogens is 182 g/mol. The zero-order valence-electron chi connectivity index (χ0n) is 8.07. The second-order valence-corrected chi connectivity index (χ2v) is 4.28. The van der Waals surface area contributed by atoms with E-state index < -0.39 is 4.93 Å². The molecule has 0 fully saturated rings. The van der Waals surface area contributed by atoms with E-state index in [4.69, 9.17) is 10.8 Å². The molecule has 0 amide bonds. The van der Waals surface area contributed by atoms with Crippen LogP contribution in [0.25, 0.3) is 0 Å². The lowest BCUT2D eigenvalue weighted by Crippen LogP contribution is -2.05. The Hall–Kier alpha value is -0.510. The van der Waals surface area contributed by atoms with Crippen molar-refractivity contribution in [1.29, 1.82) is 0 Å². The molecule has 0 atom stereocenters. The van der Waals surface area contributed by atoms with E-state index in [1.54, 1.807) is 13.8 Å². The van der Waals surface area contributed by atoms with Crippen LogP contribution in [0.5, 0.6) is 0 Å². The zero-order valence-corrected chi connectivity index (χ0v) is 8.96. The maximum atomic E-state index is 8.39. The molecule has 0 heterocycles. The first-order valence-corrected chi connectivity index (χ1v) is 4.57. The maximum absolute atomic E-state index is 8.39. The summed E-state index contributed by atoms with van der Waals surface area (Å²) in [5, 5.41) is 8.39. The van der Waals surface area contributed by atoms with Gasteiger partial charge in [0.25, 0.3) is 0 Å². The van der Waals surface area contributed by atoms with Crippen molar-refractivity contribution in [2.75, 3.05) is 0 Å². The van der Waals surface area contributed by atoms with Gasteiger partial charge in [0.2, 0.25) is 0 Å². The summed E-state index contributed by atoms with van der Waals surface area (Å²) in [5.41, 5.74) is 6.54. The van der Waals surface area contributed by atoms with E-state index in [2.05, 4.69) is 12.6 Å². The van der Waals surface area contributed by atoms with Crippen molar-refractivity contribution in [3.63, 3.8) is 0 Å². The Balaban J connectivity index is 0.000000252. The summed E-state index contributed by atoms with van der Waals surface area (Å²) in [6.07, 6.45) is 0. The lowest BCUT2D eigenvalue weighted by Gasteiger charge is -2.03. The molecule has 1 aromatic rings. The fourth-order valence-corrected chi connectivity index (χ4v) is 0.614. The van der Waals surface area contributed by atoms with E-state index in [-0.39, 0.29) is 0 Å². The van der Waals surface area contributed by atoms with E-state index in [0.29, 0.717) is 6.54 Å². The van der Waals surface area contributed by atoms with Gasteiger partial charge >= 0.3 is 0 Å². The third kappa shape index (κ3) is 11.5. The predicted octanol–water partition coefficient (Wildman–Crippen LogP) is 1.79. The van der Waals surface area contributed by atoms with Gasteiger partial charge in [-0.1, -0.05) is 30.3 Å². The minimum atomic E-state index is -0.806. The SMILES string of the molecule is CC(C)(O)S.NCc1ccccc1. The average molecular weight is 199 g/mol. The van der Waals surface area contributed by atoms with Gasteiger partial charge < -0.3 is 10.8 Å². The Bertz CT molecular complexity index is 212. The van der Waals surface area contributed by atoms with Crippen molar-refractivity contribution >= 4 is 12.6 Å². The molecule has 0 saturated heterocycles. The molecule has 0 radical (unpaired) electrons. The number of nitrogens with two attached hydrogens (primary N) is 1. The van der Waals surface area contributed by atoms with Crippen LogP contribution in [0, 0.1) is 0 Å². The van der Waals surface area contributed by atoms with Crippen LogP contribution in [0.3, 0.4) is 0 Å². The maximum Gasteiger partial charge on any atom is 0.102 e. The highest BCUT2D eigenvalue weighted by Crippen LogP contribution is 2.02. The van der Waals surface area contributed by atoms with Gasteiger partial charge in [-0.05, 0) is 19.4 Å². The Kier molecular flexibility index (Phi) is 5.79. The van der Waals surface area contributed by atoms with Gasteiger partial charge in [-0.3, -0.25) is 0 Å². The topological polar surface area (TPSA) is 46.2 Å². The molecule has 0 aliphatic rings. The third-order valence-electron chi connectivity index (χ3n) is 1.08. The molecule has 0 spiro atoms. The minimum Gasteiger partial charge on any atom is -0.380 e. The summed E-state index contributed by atoms with van der Waals surface area (Å²) < 4.78 is 0. The quantitative estimate of drug-likeness (QED) is 0.477. The molecule has 13 heavy (non-hydrogen) atoms. The molecule has 3 heteroatoms. The van der Waals surface area contributed by atoms with Gasteiger partial charge in [0.15, 0.2) is 0 Å². The monoisotopic (exact) mass is 199 g/mol. The van der Waals surface area contributed by atoms with E-state index >= 15 is 0 Å². The lowest BCUT2D eigenvalue weighted by molar-refractivity contribution is 0.181. The van der Waals surface area contributed by atoms with Crippen molar-refractivity contribution in [1.82, 2.24) is 0 Å². The lowest BCUT2D eigenvalue weighted by atomic mass is 10.2. The van der Waals surface area contributed by atoms with Gasteiger partial charge in [0.05, 0.1) is 0 Å². The van der Waals surface area contributed by atoms with Crippen LogP contribution < -0.4 is 5.73 Å². The highest BCUT2D eigenvalue weighted by atomic mass is 32.1. The van der Waals surface area contributed by atoms with Crippen LogP contribution in [0.15, 0.2) is 30.3 Å². The number of hydrogen-bond acceptors (Lipinski definition) is 3. The first kappa shape index (κ1) is 12.5. The van der Waals surface area contributed by atoms with Gasteiger partial charge in [0, 0.05) is 6.54 Å². The second kappa shape index (κ2) is 6.02. The molecule has 0 bridgehead atoms. The molecule has 1 aromatic carbocycles. The molecule has 0 aliphatic heterocycles. The molecule has 1 rings (SSSR count). The average Bonchev–Trinajstić information content (AvgIpc) is 2.03. The van der Waals surface area contributed by atoms with Crippen molar-refractivity contribution in [2.24, 2.45) is 5.73 Å². The second-order valence-electron chi connectivity index (χ2n) is 3.18. The van der Waals surface area contributed by atoms with E-state index in [1.807, 2.05) is 30.3 Å². The van der Waals surface area contributed by atoms with Crippen molar-refractivity contribution in [3.05, 3.63) is 35.9 Å². The van der Waals surface area contributed by atoms with Crippen molar-refractivity contribution in [2.45, 2.75) is 25.3 Å². The van der Waals surface area contributed by atoms with Crippen LogP contribution in [0.2, 0.25) is 0 Å². The van der Waals surface area contributed by atoms with E-state index in [0.717, 1.165) is 0 Å². The summed E-state index contributed by atoms with van der Waals surface area (Å²) in [7, 11) is 0. The molecule has 0 saturated carbocycles. The first-order chi connectivity index (χ1) is 5.93. The molecule has 0 unspecified atom stereocenters. The molecule has 74 valence electrons. The van der Waals surface area contributed by atoms with Gasteiger partial charge in [-0.25, -0.2) is 0 Å². The summed E-state index contributed by atoms with van der Waals surface area (Å²) in [5.74, 6) is 0. The highest BCUT2D eigenvalue weighted by molar-refractivity contribution is 7.81. The van der Waals surface area contributed by atoms with Gasteiger partial charge in [0.1, 0.15) is 4.93 Å². The zero-order chi connectivity index (χ0) is 10.3. The van der Waals surface area contributed by atoms with E-state index in [1.165, 1.54) is 5.56 Å². The van der Waals surface area contributed by atoms with Gasteiger partial charge in [-0.2, -0.15) is 0 Å². The molecule has 3 N–H and O–H groups in total. The molecular formula is C10H17NOS. The van der Waals surface area contributed by atoms with Crippen molar-refractivity contribution < 1.29 is 5.11 Å². The van der Waals surface area contributed by atoms with E-state index in [9.17, 15) is 0 Å². The number of rotatable bonds is 1. The normalized spacial score (nSPS) is 10.2. The molecule has 0 aromatic heterocycles. The Morgan fingerprint density at radius 2 is 1.69 bits per heavy atom. The number of aliphatic hydroxyl groups is 1. The Morgan fingerprint density at radius 3 is 1.92 bits per heavy atom. The molecule has 2 nitrogen and oxygen atoms in total. The Labute approximate surface area is 85.2 Å². The predicted molar refractivity (Wildman–Crippen MR) is 59.6 cm³/mol. The number of hydrogen-bond donors (Lipinski definition) is 3. The third-order valence-corrected chi connectivity index (χ3v) is 1.08. The standard InChI is InChI=1S/C7H9N.C3H8OS/c8-6-7-4-2-1-3-5-7;1-3(2,4)5/h1-5H,6,8H2;4-5H,1-2H3. The summed E-state index contributed by atoms with van der Waals surface area (Å²) in [4.78, 5) is -0.806. The highest BCUT2D eigenvalue weighted by Gasteiger charge is 1.99. The van der Waals surface area contributed by atoms with Crippen LogP contribution in [-0.2, 0) is 6.54 Å². The Morgan fingerprint density at radius 1 is 1.31 bits per heavy atom. The van der Waals surface area contributed by atoms with Crippen LogP contribution in [0.4, 0.5) is 0 Å². The summed E-state index contributed by atoms with van der Waals surface area (Å²) >= 11 is 3.68. The first-order valence-electron chi connectivity index (χ1n) is 4.12.